The van der Waals surface area contributed by atoms with Gasteiger partial charge in [0.2, 0.25) is 5.91 Å². The highest BCUT2D eigenvalue weighted by Gasteiger charge is 2.11. The minimum atomic E-state index is -0.363. The average molecular weight is 452 g/mol. The number of carbonyl (C=O) groups excluding carboxylic acids is 1. The van der Waals surface area contributed by atoms with E-state index in [2.05, 4.69) is 17.1 Å². The molecule has 4 nitrogen and oxygen atoms in total. The predicted molar refractivity (Wildman–Crippen MR) is 127 cm³/mol. The van der Waals surface area contributed by atoms with Gasteiger partial charge in [0.1, 0.15) is 0 Å². The molecule has 0 radical (unpaired) electrons. The van der Waals surface area contributed by atoms with Gasteiger partial charge in [-0.05, 0) is 42.2 Å². The third-order valence-electron chi connectivity index (χ3n) is 4.81. The van der Waals surface area contributed by atoms with Crippen molar-refractivity contribution >= 4 is 29.1 Å². The summed E-state index contributed by atoms with van der Waals surface area (Å²) in [7, 11) is 0. The van der Waals surface area contributed by atoms with E-state index in [1.807, 2.05) is 60.2 Å². The molecule has 4 rings (SSSR count). The molecule has 0 aliphatic rings. The van der Waals surface area contributed by atoms with Crippen molar-refractivity contribution in [3.63, 3.8) is 0 Å². The molecule has 31 heavy (non-hydrogen) atoms. The van der Waals surface area contributed by atoms with Gasteiger partial charge >= 0.3 is 0 Å². The molecule has 1 heterocycles. The number of aromatic nitrogens is 2. The van der Waals surface area contributed by atoms with Crippen LogP contribution in [0.15, 0.2) is 85.5 Å². The first-order valence-electron chi connectivity index (χ1n) is 9.76. The number of hydrogen-bond acceptors (Lipinski definition) is 2. The van der Waals surface area contributed by atoms with Crippen LogP contribution in [0.5, 0.6) is 0 Å². The number of primary amides is 1. The Balaban J connectivity index is 0.000000229. The highest BCUT2D eigenvalue weighted by atomic mass is 35.5. The maximum atomic E-state index is 10.6. The zero-order valence-electron chi connectivity index (χ0n) is 17.1. The van der Waals surface area contributed by atoms with Crippen LogP contribution in [0.4, 0.5) is 0 Å². The van der Waals surface area contributed by atoms with E-state index in [0.717, 1.165) is 28.1 Å². The fraction of sp³-hybridized carbons (Fsp3) is 0.120. The van der Waals surface area contributed by atoms with E-state index in [9.17, 15) is 4.79 Å². The van der Waals surface area contributed by atoms with Gasteiger partial charge in [-0.3, -0.25) is 4.79 Å². The van der Waals surface area contributed by atoms with Crippen molar-refractivity contribution < 1.29 is 4.79 Å². The van der Waals surface area contributed by atoms with Crippen molar-refractivity contribution in [3.8, 4) is 0 Å². The molecule has 2 N–H and O–H groups in total. The number of rotatable bonds is 5. The Morgan fingerprint density at radius 2 is 1.71 bits per heavy atom. The van der Waals surface area contributed by atoms with Crippen LogP contribution in [-0.4, -0.2) is 15.5 Å². The fourth-order valence-electron chi connectivity index (χ4n) is 3.16. The number of nitrogens with zero attached hydrogens (tertiary/aromatic N) is 2. The Morgan fingerprint density at radius 1 is 1.00 bits per heavy atom. The van der Waals surface area contributed by atoms with E-state index in [4.69, 9.17) is 28.9 Å². The van der Waals surface area contributed by atoms with Gasteiger partial charge in [-0.1, -0.05) is 77.8 Å². The normalized spacial score (nSPS) is 10.3. The van der Waals surface area contributed by atoms with Gasteiger partial charge in [0.15, 0.2) is 0 Å². The second-order valence-corrected chi connectivity index (χ2v) is 7.86. The van der Waals surface area contributed by atoms with Crippen LogP contribution in [-0.2, 0) is 13.0 Å². The Hall–Kier alpha value is -3.08. The van der Waals surface area contributed by atoms with Crippen molar-refractivity contribution in [3.05, 3.63) is 123 Å². The summed E-state index contributed by atoms with van der Waals surface area (Å²) in [5, 5.41) is 1.42. The van der Waals surface area contributed by atoms with Crippen LogP contribution in [0.1, 0.15) is 32.6 Å². The lowest BCUT2D eigenvalue weighted by Crippen LogP contribution is -2.12. The van der Waals surface area contributed by atoms with Gasteiger partial charge in [0.05, 0.1) is 17.9 Å². The monoisotopic (exact) mass is 451 g/mol. The van der Waals surface area contributed by atoms with E-state index in [1.165, 1.54) is 5.56 Å². The van der Waals surface area contributed by atoms with Crippen LogP contribution in [0.25, 0.3) is 0 Å². The number of halogens is 2. The molecule has 0 saturated heterocycles. The molecule has 0 aliphatic heterocycles. The topological polar surface area (TPSA) is 60.9 Å². The second-order valence-electron chi connectivity index (χ2n) is 7.08. The highest BCUT2D eigenvalue weighted by molar-refractivity contribution is 6.36. The lowest BCUT2D eigenvalue weighted by Gasteiger charge is -2.12. The van der Waals surface area contributed by atoms with Crippen LogP contribution in [0, 0.1) is 6.92 Å². The number of aryl methyl sites for hydroxylation is 1. The van der Waals surface area contributed by atoms with Crippen molar-refractivity contribution in [2.75, 3.05) is 0 Å². The summed E-state index contributed by atoms with van der Waals surface area (Å²) in [6, 6.07) is 21.4. The van der Waals surface area contributed by atoms with Gasteiger partial charge in [-0.15, -0.1) is 0 Å². The van der Waals surface area contributed by atoms with Gasteiger partial charge < -0.3 is 10.3 Å². The number of amides is 1. The molecule has 6 heteroatoms. The number of benzene rings is 3. The van der Waals surface area contributed by atoms with E-state index >= 15 is 0 Å². The van der Waals surface area contributed by atoms with Gasteiger partial charge in [0.25, 0.3) is 0 Å². The smallest absolute Gasteiger partial charge is 0.248 e. The first-order chi connectivity index (χ1) is 15.0. The highest BCUT2D eigenvalue weighted by Crippen LogP contribution is 2.30. The number of carbonyl (C=O) groups is 1. The van der Waals surface area contributed by atoms with Gasteiger partial charge in [0, 0.05) is 28.5 Å². The van der Waals surface area contributed by atoms with E-state index in [1.54, 1.807) is 24.7 Å². The van der Waals surface area contributed by atoms with Gasteiger partial charge in [-0.25, -0.2) is 4.98 Å². The molecule has 0 spiro atoms. The molecule has 0 bridgehead atoms. The lowest BCUT2D eigenvalue weighted by molar-refractivity contribution is 0.0999. The predicted octanol–water partition coefficient (Wildman–Crippen LogP) is 5.92. The molecule has 3 aromatic carbocycles. The van der Waals surface area contributed by atoms with Crippen molar-refractivity contribution in [1.29, 1.82) is 0 Å². The summed E-state index contributed by atoms with van der Waals surface area (Å²) in [5.41, 5.74) is 9.85. The zero-order valence-corrected chi connectivity index (χ0v) is 18.6. The molecular weight excluding hydrogens is 429 g/mol. The Bertz CT molecular complexity index is 1140. The number of nitrogens with two attached hydrogens (primary N) is 1. The van der Waals surface area contributed by atoms with Crippen LogP contribution in [0.2, 0.25) is 10.0 Å². The fourth-order valence-corrected chi connectivity index (χ4v) is 3.71. The van der Waals surface area contributed by atoms with Crippen LogP contribution < -0.4 is 5.73 Å². The molecule has 0 fully saturated rings. The lowest BCUT2D eigenvalue weighted by atomic mass is 10.0. The summed E-state index contributed by atoms with van der Waals surface area (Å²) in [6.07, 6.45) is 6.20. The SMILES string of the molecule is Cc1ccccc1C(N)=O.Clc1ccc(Cc2ccccc2)c(Cl)c1Cn1ccnc1. The van der Waals surface area contributed by atoms with Crippen LogP contribution >= 0.6 is 23.2 Å². The maximum absolute atomic E-state index is 10.6. The molecule has 1 aromatic heterocycles. The standard InChI is InChI=1S/C17H14Cl2N2.C8H9NO/c18-16-7-6-14(10-13-4-2-1-3-5-13)17(19)15(16)11-21-9-8-20-12-21;1-6-4-2-3-5-7(6)8(9)10/h1-9,12H,10-11H2;2-5H,1H3,(H2,9,10). The second kappa shape index (κ2) is 10.8. The molecule has 0 saturated carbocycles. The number of hydrogen-bond donors (Lipinski definition) is 1. The number of imidazole rings is 1. The molecule has 4 aromatic rings. The average Bonchev–Trinajstić information content (AvgIpc) is 3.28. The van der Waals surface area contributed by atoms with E-state index in [-0.39, 0.29) is 5.91 Å². The van der Waals surface area contributed by atoms with E-state index < -0.39 is 0 Å². The Kier molecular flexibility index (Phi) is 7.88. The van der Waals surface area contributed by atoms with Gasteiger partial charge in [-0.2, -0.15) is 0 Å². The summed E-state index contributed by atoms with van der Waals surface area (Å²) >= 11 is 12.9. The molecule has 0 aliphatic carbocycles. The third kappa shape index (κ3) is 6.20. The third-order valence-corrected chi connectivity index (χ3v) is 5.64. The molecule has 0 atom stereocenters. The zero-order chi connectivity index (χ0) is 22.2. The minimum Gasteiger partial charge on any atom is -0.366 e. The van der Waals surface area contributed by atoms with Crippen LogP contribution in [0.3, 0.4) is 0 Å². The minimum absolute atomic E-state index is 0.363. The summed E-state index contributed by atoms with van der Waals surface area (Å²) in [5.74, 6) is -0.363. The maximum Gasteiger partial charge on any atom is 0.248 e. The molecule has 1 amide bonds. The quantitative estimate of drug-likeness (QED) is 0.409. The van der Waals surface area contributed by atoms with E-state index in [0.29, 0.717) is 17.1 Å². The Labute approximate surface area is 192 Å². The van der Waals surface area contributed by atoms with Crippen molar-refractivity contribution in [2.24, 2.45) is 5.73 Å². The molecule has 158 valence electrons. The Morgan fingerprint density at radius 3 is 2.32 bits per heavy atom. The molecular formula is C25H23Cl2N3O. The van der Waals surface area contributed by atoms with Crippen molar-refractivity contribution in [2.45, 2.75) is 19.9 Å². The summed E-state index contributed by atoms with van der Waals surface area (Å²) < 4.78 is 1.96. The summed E-state index contributed by atoms with van der Waals surface area (Å²) in [6.45, 7) is 2.49. The largest absolute Gasteiger partial charge is 0.366 e. The molecule has 0 unspecified atom stereocenters. The first-order valence-corrected chi connectivity index (χ1v) is 10.5. The first kappa shape index (κ1) is 22.6. The van der Waals surface area contributed by atoms with Crippen molar-refractivity contribution in [1.82, 2.24) is 9.55 Å². The summed E-state index contributed by atoms with van der Waals surface area (Å²) in [4.78, 5) is 14.7.